The minimum Gasteiger partial charge on any atom is -0.383 e. The molecule has 0 aliphatic carbocycles. The Morgan fingerprint density at radius 1 is 1.43 bits per heavy atom. The van der Waals surface area contributed by atoms with Crippen molar-refractivity contribution >= 4 is 22.9 Å². The fourth-order valence-corrected chi connectivity index (χ4v) is 3.50. The van der Waals surface area contributed by atoms with E-state index in [1.807, 2.05) is 6.92 Å². The lowest BCUT2D eigenvalue weighted by atomic mass is 10.1. The lowest BCUT2D eigenvalue weighted by Crippen LogP contribution is -2.33. The van der Waals surface area contributed by atoms with Crippen LogP contribution >= 0.6 is 11.3 Å². The number of rotatable bonds is 8. The maximum absolute atomic E-state index is 13.1. The van der Waals surface area contributed by atoms with Crippen molar-refractivity contribution in [2.24, 2.45) is 0 Å². The Morgan fingerprint density at radius 3 is 2.86 bits per heavy atom. The summed E-state index contributed by atoms with van der Waals surface area (Å²) in [6, 6.07) is 4.44. The molecule has 0 N–H and O–H groups in total. The van der Waals surface area contributed by atoms with Gasteiger partial charge in [0.1, 0.15) is 5.69 Å². The average Bonchev–Trinajstić information content (AvgIpc) is 3.36. The van der Waals surface area contributed by atoms with E-state index in [1.54, 1.807) is 35.8 Å². The molecule has 2 heterocycles. The smallest absolute Gasteiger partial charge is 0.294 e. The van der Waals surface area contributed by atoms with Crippen LogP contribution in [0.2, 0.25) is 0 Å². The number of hydrogen-bond donors (Lipinski definition) is 0. The quantitative estimate of drug-likeness (QED) is 0.425. The van der Waals surface area contributed by atoms with Crippen molar-refractivity contribution in [1.82, 2.24) is 19.4 Å². The van der Waals surface area contributed by atoms with Gasteiger partial charge in [-0.25, -0.2) is 9.97 Å². The molecule has 0 spiro atoms. The van der Waals surface area contributed by atoms with Crippen molar-refractivity contribution in [1.29, 1.82) is 0 Å². The van der Waals surface area contributed by atoms with Gasteiger partial charge in [0.25, 0.3) is 11.6 Å². The zero-order valence-electron chi connectivity index (χ0n) is 15.4. The molecular weight excluding hydrogens is 382 g/mol. The third-order valence-corrected chi connectivity index (χ3v) is 5.15. The molecule has 0 fully saturated rings. The van der Waals surface area contributed by atoms with Gasteiger partial charge in [0.05, 0.1) is 35.6 Å². The lowest BCUT2D eigenvalue weighted by Gasteiger charge is -2.22. The number of nitro groups is 1. The van der Waals surface area contributed by atoms with E-state index < -0.39 is 4.92 Å². The van der Waals surface area contributed by atoms with Crippen molar-refractivity contribution in [3.63, 3.8) is 0 Å². The molecule has 0 unspecified atom stereocenters. The first-order valence-electron chi connectivity index (χ1n) is 8.45. The van der Waals surface area contributed by atoms with Crippen molar-refractivity contribution in [3.05, 3.63) is 68.7 Å². The van der Waals surface area contributed by atoms with Crippen LogP contribution in [0, 0.1) is 17.0 Å². The highest BCUT2D eigenvalue weighted by molar-refractivity contribution is 7.09. The zero-order valence-corrected chi connectivity index (χ0v) is 16.3. The van der Waals surface area contributed by atoms with E-state index >= 15 is 0 Å². The molecule has 28 heavy (non-hydrogen) atoms. The second kappa shape index (κ2) is 8.72. The number of amides is 1. The van der Waals surface area contributed by atoms with Crippen LogP contribution in [-0.2, 0) is 11.3 Å². The largest absolute Gasteiger partial charge is 0.383 e. The fraction of sp³-hybridized carbons (Fsp3) is 0.278. The predicted molar refractivity (Wildman–Crippen MR) is 104 cm³/mol. The molecule has 0 aliphatic heterocycles. The van der Waals surface area contributed by atoms with Crippen molar-refractivity contribution in [2.75, 3.05) is 20.3 Å². The summed E-state index contributed by atoms with van der Waals surface area (Å²) in [6.45, 7) is 2.98. The summed E-state index contributed by atoms with van der Waals surface area (Å²) in [5.74, 6) is -0.301. The second-order valence-corrected chi connectivity index (χ2v) is 6.95. The summed E-state index contributed by atoms with van der Waals surface area (Å²) in [6.07, 6.45) is 4.62. The third-order valence-electron chi connectivity index (χ3n) is 4.23. The molecule has 0 aliphatic rings. The number of benzene rings is 1. The maximum atomic E-state index is 13.1. The molecule has 0 saturated carbocycles. The highest BCUT2D eigenvalue weighted by Gasteiger charge is 2.23. The van der Waals surface area contributed by atoms with Gasteiger partial charge in [0.15, 0.2) is 0 Å². The van der Waals surface area contributed by atoms with E-state index in [-0.39, 0.29) is 17.2 Å². The van der Waals surface area contributed by atoms with Crippen LogP contribution in [0.5, 0.6) is 0 Å². The first-order valence-corrected chi connectivity index (χ1v) is 9.33. The third kappa shape index (κ3) is 4.24. The van der Waals surface area contributed by atoms with E-state index in [1.165, 1.54) is 34.5 Å². The molecule has 9 nitrogen and oxygen atoms in total. The number of methoxy groups -OCH3 is 1. The van der Waals surface area contributed by atoms with Crippen molar-refractivity contribution in [3.8, 4) is 5.69 Å². The molecule has 0 atom stereocenters. The molecule has 10 heteroatoms. The summed E-state index contributed by atoms with van der Waals surface area (Å²) >= 11 is 1.47. The van der Waals surface area contributed by atoms with E-state index in [9.17, 15) is 14.9 Å². The maximum Gasteiger partial charge on any atom is 0.294 e. The Bertz CT molecular complexity index is 970. The SMILES string of the molecule is COCCN(Cc1scnc1C)C(=O)c1ccc(-n2ccnc2)c([N+](=O)[O-])c1. The Hall–Kier alpha value is -3.11. The van der Waals surface area contributed by atoms with Crippen LogP contribution in [-0.4, -0.2) is 50.5 Å². The number of carbonyl (C=O) groups is 1. The number of ether oxygens (including phenoxy) is 1. The summed E-state index contributed by atoms with van der Waals surface area (Å²) in [4.78, 5) is 34.8. The first kappa shape index (κ1) is 19.6. The molecule has 0 bridgehead atoms. The fourth-order valence-electron chi connectivity index (χ4n) is 2.71. The number of aromatic nitrogens is 3. The normalized spacial score (nSPS) is 10.8. The average molecular weight is 401 g/mol. The number of nitrogens with zero attached hydrogens (tertiary/aromatic N) is 5. The van der Waals surface area contributed by atoms with E-state index in [0.717, 1.165) is 10.6 Å². The first-order chi connectivity index (χ1) is 13.5. The van der Waals surface area contributed by atoms with Gasteiger partial charge in [-0.1, -0.05) is 0 Å². The zero-order chi connectivity index (χ0) is 20.1. The number of hydrogen-bond acceptors (Lipinski definition) is 7. The number of carbonyl (C=O) groups excluding carboxylic acids is 1. The van der Waals surface area contributed by atoms with Crippen LogP contribution in [0.25, 0.3) is 5.69 Å². The van der Waals surface area contributed by atoms with E-state index in [4.69, 9.17) is 4.74 Å². The summed E-state index contributed by atoms with van der Waals surface area (Å²) < 4.78 is 6.65. The van der Waals surface area contributed by atoms with Crippen molar-refractivity contribution < 1.29 is 14.5 Å². The van der Waals surface area contributed by atoms with Gasteiger partial charge in [-0.2, -0.15) is 0 Å². The number of thiazole rings is 1. The highest BCUT2D eigenvalue weighted by Crippen LogP contribution is 2.25. The van der Waals surface area contributed by atoms with Gasteiger partial charge in [-0.15, -0.1) is 11.3 Å². The second-order valence-electron chi connectivity index (χ2n) is 6.01. The van der Waals surface area contributed by atoms with Gasteiger partial charge in [0, 0.05) is 42.6 Å². The van der Waals surface area contributed by atoms with Gasteiger partial charge in [-0.05, 0) is 19.1 Å². The summed E-state index contributed by atoms with van der Waals surface area (Å²) in [5.41, 5.74) is 3.02. The molecule has 0 radical (unpaired) electrons. The monoisotopic (exact) mass is 401 g/mol. The Morgan fingerprint density at radius 2 is 2.25 bits per heavy atom. The molecule has 1 amide bonds. The predicted octanol–water partition coefficient (Wildman–Crippen LogP) is 2.83. The van der Waals surface area contributed by atoms with Gasteiger partial charge in [-0.3, -0.25) is 14.9 Å². The topological polar surface area (TPSA) is 103 Å². The molecule has 2 aromatic heterocycles. The highest BCUT2D eigenvalue weighted by atomic mass is 32.1. The Labute approximate surface area is 165 Å². The number of nitro benzene ring substituents is 1. The standard InChI is InChI=1S/C18H19N5O4S/c1-13-17(28-12-20-13)10-21(7-8-27-2)18(24)14-3-4-15(16(9-14)23(25)26)22-6-5-19-11-22/h3-6,9,11-12H,7-8,10H2,1-2H3. The van der Waals surface area contributed by atoms with Crippen LogP contribution < -0.4 is 0 Å². The number of aryl methyl sites for hydroxylation is 1. The van der Waals surface area contributed by atoms with Crippen LogP contribution in [0.15, 0.2) is 42.4 Å². The molecule has 146 valence electrons. The Balaban J connectivity index is 1.92. The lowest BCUT2D eigenvalue weighted by molar-refractivity contribution is -0.384. The van der Waals surface area contributed by atoms with Crippen molar-refractivity contribution in [2.45, 2.75) is 13.5 Å². The Kier molecular flexibility index (Phi) is 6.12. The summed E-state index contributed by atoms with van der Waals surface area (Å²) in [5, 5.41) is 11.6. The molecule has 0 saturated heterocycles. The molecular formula is C18H19N5O4S. The molecule has 3 rings (SSSR count). The van der Waals surface area contributed by atoms with Crippen LogP contribution in [0.4, 0.5) is 5.69 Å². The minimum absolute atomic E-state index is 0.162. The van der Waals surface area contributed by atoms with Crippen LogP contribution in [0.1, 0.15) is 20.9 Å². The molecule has 3 aromatic rings. The van der Waals surface area contributed by atoms with Gasteiger partial charge in [0.2, 0.25) is 0 Å². The number of imidazole rings is 1. The minimum atomic E-state index is -0.501. The molecule has 1 aromatic carbocycles. The van der Waals surface area contributed by atoms with Crippen LogP contribution in [0.3, 0.4) is 0 Å². The summed E-state index contributed by atoms with van der Waals surface area (Å²) in [7, 11) is 1.56. The van der Waals surface area contributed by atoms with E-state index in [2.05, 4.69) is 9.97 Å². The van der Waals surface area contributed by atoms with E-state index in [0.29, 0.717) is 25.4 Å². The van der Waals surface area contributed by atoms with Gasteiger partial charge < -0.3 is 14.2 Å². The van der Waals surface area contributed by atoms with Gasteiger partial charge >= 0.3 is 0 Å².